The summed E-state index contributed by atoms with van der Waals surface area (Å²) in [4.78, 5) is 39.3. The number of unbranched alkanes of at least 4 members (excludes halogenated alkanes) is 1. The Morgan fingerprint density at radius 2 is 1.98 bits per heavy atom. The van der Waals surface area contributed by atoms with Crippen LogP contribution in [0.15, 0.2) is 47.6 Å². The number of rotatable bonds is 12. The number of nitrogens with zero attached hydrogens (tertiary/aromatic N) is 1. The number of hydrogen-bond acceptors (Lipinski definition) is 5. The number of ether oxygens (including phenoxy) is 1. The lowest BCUT2D eigenvalue weighted by atomic mass is 9.46. The molecule has 8 heteroatoms. The highest BCUT2D eigenvalue weighted by Gasteiger charge is 2.55. The van der Waals surface area contributed by atoms with E-state index in [2.05, 4.69) is 32.2 Å². The van der Waals surface area contributed by atoms with Crippen LogP contribution in [0.3, 0.4) is 0 Å². The number of hydrogen-bond donors (Lipinski definition) is 3. The lowest BCUT2D eigenvalue weighted by Gasteiger charge is -2.57. The minimum atomic E-state index is -0.783. The number of methoxy groups -OCH3 is 1. The van der Waals surface area contributed by atoms with E-state index in [9.17, 15) is 24.6 Å². The molecule has 2 amide bonds. The van der Waals surface area contributed by atoms with E-state index < -0.39 is 5.97 Å². The first-order valence-corrected chi connectivity index (χ1v) is 15.2. The van der Waals surface area contributed by atoms with Crippen LogP contribution in [-0.4, -0.2) is 59.6 Å². The predicted octanol–water partition coefficient (Wildman–Crippen LogP) is 5.72. The fourth-order valence-electron chi connectivity index (χ4n) is 7.51. The molecule has 0 saturated heterocycles. The third-order valence-corrected chi connectivity index (χ3v) is 10.3. The van der Waals surface area contributed by atoms with Crippen molar-refractivity contribution in [2.45, 2.75) is 72.1 Å². The molecule has 1 aromatic rings. The van der Waals surface area contributed by atoms with Gasteiger partial charge in [0, 0.05) is 42.3 Å². The maximum atomic E-state index is 13.2. The van der Waals surface area contributed by atoms with Gasteiger partial charge in [0.25, 0.3) is 0 Å². The van der Waals surface area contributed by atoms with E-state index in [4.69, 9.17) is 4.74 Å². The van der Waals surface area contributed by atoms with Crippen molar-refractivity contribution >= 4 is 23.9 Å². The summed E-state index contributed by atoms with van der Waals surface area (Å²) in [6, 6.07) is 4.88. The van der Waals surface area contributed by atoms with Gasteiger partial charge in [-0.25, -0.2) is 4.79 Å². The van der Waals surface area contributed by atoms with Gasteiger partial charge in [0.05, 0.1) is 7.11 Å². The SMILES string of the molecule is COc1cc(C=CC(=O)NCCCCN2CC=C(CCC3(C)C(C)CCC4(C)C(C(=O)O)=CCCC43)C2=O)ccc1O. The van der Waals surface area contributed by atoms with Crippen LogP contribution in [0.4, 0.5) is 0 Å². The highest BCUT2D eigenvalue weighted by molar-refractivity contribution is 5.95. The normalized spacial score (nSPS) is 27.4. The van der Waals surface area contributed by atoms with Crippen molar-refractivity contribution in [3.63, 3.8) is 0 Å². The van der Waals surface area contributed by atoms with Crippen LogP contribution < -0.4 is 10.1 Å². The number of allylic oxidation sites excluding steroid dienone is 1. The largest absolute Gasteiger partial charge is 0.504 e. The molecule has 228 valence electrons. The first-order chi connectivity index (χ1) is 20.0. The van der Waals surface area contributed by atoms with E-state index in [1.54, 1.807) is 18.2 Å². The van der Waals surface area contributed by atoms with Gasteiger partial charge in [-0.3, -0.25) is 9.59 Å². The molecule has 3 aliphatic rings. The second-order valence-electron chi connectivity index (χ2n) is 12.7. The molecule has 2 aliphatic carbocycles. The Hall–Kier alpha value is -3.55. The molecule has 1 aliphatic heterocycles. The van der Waals surface area contributed by atoms with Crippen LogP contribution >= 0.6 is 0 Å². The van der Waals surface area contributed by atoms with E-state index in [-0.39, 0.29) is 28.4 Å². The fourth-order valence-corrected chi connectivity index (χ4v) is 7.51. The molecule has 0 aromatic heterocycles. The van der Waals surface area contributed by atoms with Crippen LogP contribution in [-0.2, 0) is 14.4 Å². The van der Waals surface area contributed by atoms with Crippen molar-refractivity contribution in [1.29, 1.82) is 0 Å². The summed E-state index contributed by atoms with van der Waals surface area (Å²) in [6.45, 7) is 8.57. The zero-order valence-electron chi connectivity index (χ0n) is 25.4. The minimum Gasteiger partial charge on any atom is -0.504 e. The van der Waals surface area contributed by atoms with Gasteiger partial charge in [-0.05, 0) is 92.4 Å². The number of nitrogens with one attached hydrogen (secondary N) is 1. The van der Waals surface area contributed by atoms with Gasteiger partial charge < -0.3 is 25.2 Å². The van der Waals surface area contributed by atoms with Crippen molar-refractivity contribution < 1.29 is 29.3 Å². The maximum Gasteiger partial charge on any atom is 0.331 e. The number of phenolic OH excluding ortho intramolecular Hbond substituents is 1. The number of aliphatic carboxylic acids is 1. The molecule has 3 N–H and O–H groups in total. The number of fused-ring (bicyclic) bond motifs is 1. The van der Waals surface area contributed by atoms with Gasteiger partial charge in [0.2, 0.25) is 11.8 Å². The van der Waals surface area contributed by atoms with E-state index in [1.165, 1.54) is 19.3 Å². The predicted molar refractivity (Wildman–Crippen MR) is 163 cm³/mol. The molecule has 0 radical (unpaired) electrons. The topological polar surface area (TPSA) is 116 Å². The second-order valence-corrected chi connectivity index (χ2v) is 12.7. The lowest BCUT2D eigenvalue weighted by Crippen LogP contribution is -2.51. The molecule has 0 bridgehead atoms. The van der Waals surface area contributed by atoms with Crippen LogP contribution in [0.1, 0.15) is 77.7 Å². The third-order valence-electron chi connectivity index (χ3n) is 10.3. The van der Waals surface area contributed by atoms with Gasteiger partial charge in [0.1, 0.15) is 0 Å². The summed E-state index contributed by atoms with van der Waals surface area (Å²) in [5.74, 6) is 0.298. The number of carbonyl (C=O) groups excluding carboxylic acids is 2. The molecule has 1 fully saturated rings. The van der Waals surface area contributed by atoms with Crippen LogP contribution in [0.5, 0.6) is 11.5 Å². The summed E-state index contributed by atoms with van der Waals surface area (Å²) in [6.07, 6.45) is 14.0. The molecule has 4 atom stereocenters. The van der Waals surface area contributed by atoms with E-state index in [0.29, 0.717) is 42.8 Å². The van der Waals surface area contributed by atoms with E-state index >= 15 is 0 Å². The highest BCUT2D eigenvalue weighted by Crippen LogP contribution is 2.62. The zero-order chi connectivity index (χ0) is 30.5. The molecule has 1 heterocycles. The number of phenols is 1. The molecule has 1 aromatic carbocycles. The molecular weight excluding hydrogens is 532 g/mol. The summed E-state index contributed by atoms with van der Waals surface area (Å²) < 4.78 is 5.09. The number of amides is 2. The average molecular weight is 579 g/mol. The molecule has 8 nitrogen and oxygen atoms in total. The Morgan fingerprint density at radius 3 is 2.71 bits per heavy atom. The quantitative estimate of drug-likeness (QED) is 0.216. The molecule has 1 saturated carbocycles. The number of benzene rings is 1. The maximum absolute atomic E-state index is 13.2. The smallest absolute Gasteiger partial charge is 0.331 e. The fraction of sp³-hybridized carbons (Fsp3) is 0.559. The van der Waals surface area contributed by atoms with Crippen molar-refractivity contribution in [1.82, 2.24) is 10.2 Å². The molecule has 42 heavy (non-hydrogen) atoms. The monoisotopic (exact) mass is 578 g/mol. The second kappa shape index (κ2) is 13.2. The Labute approximate surface area is 249 Å². The Morgan fingerprint density at radius 1 is 1.19 bits per heavy atom. The van der Waals surface area contributed by atoms with Crippen LogP contribution in [0, 0.1) is 22.7 Å². The number of carbonyl (C=O) groups is 3. The molecular formula is C34H46N2O6. The van der Waals surface area contributed by atoms with Gasteiger partial charge in [0.15, 0.2) is 11.5 Å². The number of carboxylic acids is 1. The minimum absolute atomic E-state index is 0.0164. The van der Waals surface area contributed by atoms with Gasteiger partial charge in [-0.1, -0.05) is 39.0 Å². The molecule has 4 rings (SSSR count). The summed E-state index contributed by atoms with van der Waals surface area (Å²) >= 11 is 0. The molecule has 0 spiro atoms. The Balaban J connectivity index is 1.21. The van der Waals surface area contributed by atoms with E-state index in [1.807, 2.05) is 11.0 Å². The van der Waals surface area contributed by atoms with Crippen molar-refractivity contribution in [3.8, 4) is 11.5 Å². The van der Waals surface area contributed by atoms with Crippen LogP contribution in [0.2, 0.25) is 0 Å². The van der Waals surface area contributed by atoms with Gasteiger partial charge in [-0.15, -0.1) is 0 Å². The number of aromatic hydroxyl groups is 1. The van der Waals surface area contributed by atoms with E-state index in [0.717, 1.165) is 62.5 Å². The van der Waals surface area contributed by atoms with Crippen LogP contribution in [0.25, 0.3) is 6.08 Å². The lowest BCUT2D eigenvalue weighted by molar-refractivity contribution is -0.137. The summed E-state index contributed by atoms with van der Waals surface area (Å²) in [5, 5.41) is 22.5. The molecule has 4 unspecified atom stereocenters. The van der Waals surface area contributed by atoms with Gasteiger partial charge in [-0.2, -0.15) is 0 Å². The van der Waals surface area contributed by atoms with Crippen molar-refractivity contribution in [2.24, 2.45) is 22.7 Å². The van der Waals surface area contributed by atoms with Gasteiger partial charge >= 0.3 is 5.97 Å². The Bertz CT molecular complexity index is 1280. The highest BCUT2D eigenvalue weighted by atomic mass is 16.5. The summed E-state index contributed by atoms with van der Waals surface area (Å²) in [5.41, 5.74) is 1.89. The Kier molecular flexibility index (Phi) is 9.85. The average Bonchev–Trinajstić information content (AvgIpc) is 3.32. The first-order valence-electron chi connectivity index (χ1n) is 15.2. The summed E-state index contributed by atoms with van der Waals surface area (Å²) in [7, 11) is 1.47. The van der Waals surface area contributed by atoms with Crippen molar-refractivity contribution in [2.75, 3.05) is 26.7 Å². The zero-order valence-corrected chi connectivity index (χ0v) is 25.4. The first kappa shape index (κ1) is 31.4. The van der Waals surface area contributed by atoms with Crippen molar-refractivity contribution in [3.05, 3.63) is 53.1 Å². The number of carboxylic acid groups (broad SMARTS) is 1. The third kappa shape index (κ3) is 6.58. The standard InChI is InChI=1S/C34H46N2O6/c1-23-14-17-34(3)26(32(40)41)8-7-9-29(34)33(23,2)18-15-25-16-21-36(31(25)39)20-6-5-19-35-30(38)13-11-24-10-12-27(37)28(22-24)42-4/h8,10-13,16,22-23,29,37H,5-7,9,14-15,17-21H2,1-4H3,(H,35,38)(H,40,41).